The molecule has 9 nitrogen and oxygen atoms in total. The highest BCUT2D eigenvalue weighted by atomic mass is 16.5. The number of nitrogens with one attached hydrogen (secondary N) is 1. The van der Waals surface area contributed by atoms with Gasteiger partial charge in [-0.1, -0.05) is 32.9 Å². The molecule has 0 radical (unpaired) electrons. The van der Waals surface area contributed by atoms with E-state index in [1.165, 1.54) is 6.20 Å². The smallest absolute Gasteiger partial charge is 0.343 e. The van der Waals surface area contributed by atoms with Crippen molar-refractivity contribution in [3.05, 3.63) is 65.7 Å². The third-order valence-corrected chi connectivity index (χ3v) is 5.19. The average molecular weight is 447 g/mol. The van der Waals surface area contributed by atoms with Crippen LogP contribution in [-0.4, -0.2) is 42.9 Å². The number of esters is 1. The maximum Gasteiger partial charge on any atom is 0.343 e. The molecule has 0 spiro atoms. The molecule has 0 aliphatic carbocycles. The molecule has 3 heterocycles. The molecule has 0 saturated carbocycles. The summed E-state index contributed by atoms with van der Waals surface area (Å²) in [6, 6.07) is 11.0. The Morgan fingerprint density at radius 3 is 2.64 bits per heavy atom. The summed E-state index contributed by atoms with van der Waals surface area (Å²) in [5.74, 6) is -0.717. The Hall–Kier alpha value is -4.01. The monoisotopic (exact) mass is 446 g/mol. The summed E-state index contributed by atoms with van der Waals surface area (Å²) >= 11 is 0. The molecule has 4 aromatic rings. The van der Waals surface area contributed by atoms with Crippen molar-refractivity contribution in [3.63, 3.8) is 0 Å². The van der Waals surface area contributed by atoms with E-state index < -0.39 is 5.97 Å². The topological polar surface area (TPSA) is 103 Å². The van der Waals surface area contributed by atoms with Crippen LogP contribution >= 0.6 is 0 Å². The Labute approximate surface area is 191 Å². The van der Waals surface area contributed by atoms with Gasteiger partial charge in [0.15, 0.2) is 5.65 Å². The van der Waals surface area contributed by atoms with E-state index in [4.69, 9.17) is 4.74 Å². The van der Waals surface area contributed by atoms with Gasteiger partial charge in [-0.05, 0) is 31.2 Å². The van der Waals surface area contributed by atoms with Crippen LogP contribution in [0.4, 0.5) is 5.69 Å². The highest BCUT2D eigenvalue weighted by Crippen LogP contribution is 2.25. The molecule has 1 N–H and O–H groups in total. The number of fused-ring (bicyclic) bond motifs is 1. The van der Waals surface area contributed by atoms with Crippen molar-refractivity contribution in [2.75, 3.05) is 11.9 Å². The summed E-state index contributed by atoms with van der Waals surface area (Å²) in [6.07, 6.45) is 3.06. The minimum absolute atomic E-state index is 0.158. The number of rotatable bonds is 5. The van der Waals surface area contributed by atoms with Crippen LogP contribution in [0.25, 0.3) is 16.9 Å². The fraction of sp³-hybridized carbons (Fsp3) is 0.292. The average Bonchev–Trinajstić information content (AvgIpc) is 3.37. The van der Waals surface area contributed by atoms with E-state index in [-0.39, 0.29) is 17.9 Å². The van der Waals surface area contributed by atoms with Gasteiger partial charge in [-0.15, -0.1) is 0 Å². The van der Waals surface area contributed by atoms with Crippen LogP contribution in [-0.2, 0) is 17.2 Å². The lowest BCUT2D eigenvalue weighted by Crippen LogP contribution is -2.16. The fourth-order valence-corrected chi connectivity index (χ4v) is 3.46. The molecule has 0 saturated heterocycles. The Balaban J connectivity index is 1.64. The summed E-state index contributed by atoms with van der Waals surface area (Å²) in [6.45, 7) is 8.18. The molecule has 0 aliphatic rings. The van der Waals surface area contributed by atoms with Crippen LogP contribution in [0.1, 0.15) is 54.2 Å². The van der Waals surface area contributed by atoms with E-state index in [0.717, 1.165) is 17.0 Å². The highest BCUT2D eigenvalue weighted by molar-refractivity contribution is 6.03. The number of benzene rings is 1. The number of amides is 1. The first-order chi connectivity index (χ1) is 15.7. The van der Waals surface area contributed by atoms with Crippen molar-refractivity contribution in [2.24, 2.45) is 7.05 Å². The van der Waals surface area contributed by atoms with E-state index in [2.05, 4.69) is 41.3 Å². The number of anilines is 1. The van der Waals surface area contributed by atoms with E-state index in [1.807, 2.05) is 30.3 Å². The summed E-state index contributed by atoms with van der Waals surface area (Å²) in [5.41, 5.74) is 4.02. The molecular weight excluding hydrogens is 420 g/mol. The SMILES string of the molecule is CCOC(=O)c1cnn2c(-c3cccc(NC(=O)c4cc(C(C)(C)C)nn4C)c3)ccnc12. The van der Waals surface area contributed by atoms with Gasteiger partial charge < -0.3 is 10.1 Å². The van der Waals surface area contributed by atoms with Crippen molar-refractivity contribution in [3.8, 4) is 11.3 Å². The molecule has 33 heavy (non-hydrogen) atoms. The largest absolute Gasteiger partial charge is 0.462 e. The molecule has 0 aliphatic heterocycles. The minimum Gasteiger partial charge on any atom is -0.462 e. The Kier molecular flexibility index (Phi) is 5.71. The second kappa shape index (κ2) is 8.50. The first-order valence-corrected chi connectivity index (χ1v) is 10.6. The maximum atomic E-state index is 12.9. The molecule has 170 valence electrons. The first kappa shape index (κ1) is 22.2. The van der Waals surface area contributed by atoms with E-state index in [1.54, 1.807) is 35.4 Å². The Bertz CT molecular complexity index is 1350. The summed E-state index contributed by atoms with van der Waals surface area (Å²) in [5, 5.41) is 11.7. The molecule has 9 heteroatoms. The molecule has 3 aromatic heterocycles. The van der Waals surface area contributed by atoms with Crippen LogP contribution in [0, 0.1) is 0 Å². The quantitative estimate of drug-likeness (QED) is 0.467. The number of hydrogen-bond acceptors (Lipinski definition) is 6. The zero-order valence-corrected chi connectivity index (χ0v) is 19.3. The molecule has 0 atom stereocenters. The highest BCUT2D eigenvalue weighted by Gasteiger charge is 2.22. The lowest BCUT2D eigenvalue weighted by Gasteiger charge is -2.13. The van der Waals surface area contributed by atoms with Gasteiger partial charge >= 0.3 is 5.97 Å². The normalized spacial score (nSPS) is 11.5. The predicted octanol–water partition coefficient (Wildman–Crippen LogP) is 3.86. The fourth-order valence-electron chi connectivity index (χ4n) is 3.46. The van der Waals surface area contributed by atoms with E-state index in [0.29, 0.717) is 22.6 Å². The second-order valence-electron chi connectivity index (χ2n) is 8.67. The van der Waals surface area contributed by atoms with Gasteiger partial charge in [0, 0.05) is 29.9 Å². The van der Waals surface area contributed by atoms with Crippen molar-refractivity contribution in [1.29, 1.82) is 0 Å². The number of ether oxygens (including phenoxy) is 1. The number of aryl methyl sites for hydroxylation is 1. The second-order valence-corrected chi connectivity index (χ2v) is 8.67. The van der Waals surface area contributed by atoms with Gasteiger partial charge in [-0.3, -0.25) is 9.48 Å². The summed E-state index contributed by atoms with van der Waals surface area (Å²) < 4.78 is 8.27. The van der Waals surface area contributed by atoms with Crippen LogP contribution in [0.5, 0.6) is 0 Å². The molecule has 0 unspecified atom stereocenters. The summed E-state index contributed by atoms with van der Waals surface area (Å²) in [7, 11) is 1.76. The Morgan fingerprint density at radius 1 is 1.15 bits per heavy atom. The molecule has 1 amide bonds. The first-order valence-electron chi connectivity index (χ1n) is 10.6. The maximum absolute atomic E-state index is 12.9. The number of aromatic nitrogens is 5. The lowest BCUT2D eigenvalue weighted by atomic mass is 9.92. The molecular formula is C24H26N6O3. The van der Waals surface area contributed by atoms with Crippen molar-refractivity contribution in [2.45, 2.75) is 33.1 Å². The van der Waals surface area contributed by atoms with Crippen molar-refractivity contribution in [1.82, 2.24) is 24.4 Å². The zero-order valence-electron chi connectivity index (χ0n) is 19.3. The predicted molar refractivity (Wildman–Crippen MR) is 124 cm³/mol. The van der Waals surface area contributed by atoms with Gasteiger partial charge in [-0.25, -0.2) is 14.3 Å². The minimum atomic E-state index is -0.469. The summed E-state index contributed by atoms with van der Waals surface area (Å²) in [4.78, 5) is 29.4. The molecule has 1 aromatic carbocycles. The van der Waals surface area contributed by atoms with Gasteiger partial charge in [0.05, 0.1) is 24.2 Å². The molecule has 0 bridgehead atoms. The van der Waals surface area contributed by atoms with Crippen molar-refractivity contribution >= 4 is 23.2 Å². The van der Waals surface area contributed by atoms with Gasteiger partial charge in [0.2, 0.25) is 0 Å². The van der Waals surface area contributed by atoms with Crippen LogP contribution in [0.15, 0.2) is 48.8 Å². The zero-order chi connectivity index (χ0) is 23.8. The van der Waals surface area contributed by atoms with Gasteiger partial charge in [0.1, 0.15) is 11.3 Å². The lowest BCUT2D eigenvalue weighted by molar-refractivity contribution is 0.0528. The van der Waals surface area contributed by atoms with Gasteiger partial charge in [0.25, 0.3) is 5.91 Å². The number of nitrogens with zero attached hydrogens (tertiary/aromatic N) is 5. The van der Waals surface area contributed by atoms with Crippen LogP contribution < -0.4 is 5.32 Å². The van der Waals surface area contributed by atoms with Gasteiger partial charge in [-0.2, -0.15) is 10.2 Å². The Morgan fingerprint density at radius 2 is 1.94 bits per heavy atom. The van der Waals surface area contributed by atoms with Crippen LogP contribution in [0.2, 0.25) is 0 Å². The number of carbonyl (C=O) groups excluding carboxylic acids is 2. The standard InChI is InChI=1S/C24H26N6O3/c1-6-33-23(32)17-14-26-30-18(10-11-25-21(17)30)15-8-7-9-16(12-15)27-22(31)19-13-20(24(2,3)4)28-29(19)5/h7-14H,6H2,1-5H3,(H,27,31). The van der Waals surface area contributed by atoms with Crippen LogP contribution in [0.3, 0.4) is 0 Å². The number of carbonyl (C=O) groups is 2. The molecule has 4 rings (SSSR count). The number of hydrogen-bond donors (Lipinski definition) is 1. The third-order valence-electron chi connectivity index (χ3n) is 5.19. The third kappa shape index (κ3) is 4.34. The molecule has 0 fully saturated rings. The van der Waals surface area contributed by atoms with E-state index >= 15 is 0 Å². The van der Waals surface area contributed by atoms with Crippen molar-refractivity contribution < 1.29 is 14.3 Å². The van der Waals surface area contributed by atoms with E-state index in [9.17, 15) is 9.59 Å².